The zero-order valence-electron chi connectivity index (χ0n) is 14.4. The molecule has 2 aromatic rings. The Morgan fingerprint density at radius 3 is 2.77 bits per heavy atom. The predicted octanol–water partition coefficient (Wildman–Crippen LogP) is 3.45. The average molecular weight is 392 g/mol. The van der Waals surface area contributed by atoms with E-state index in [4.69, 9.17) is 0 Å². The summed E-state index contributed by atoms with van der Waals surface area (Å²) in [7, 11) is 0. The first-order valence-corrected chi connectivity index (χ1v) is 10.3. The fourth-order valence-corrected chi connectivity index (χ4v) is 4.29. The highest BCUT2D eigenvalue weighted by atomic mass is 32.2. The maximum atomic E-state index is 11.9. The third-order valence-corrected chi connectivity index (χ3v) is 6.04. The van der Waals surface area contributed by atoms with Gasteiger partial charge in [0.25, 0.3) is 0 Å². The summed E-state index contributed by atoms with van der Waals surface area (Å²) in [5, 5.41) is 17.2. The number of hydrogen-bond donors (Lipinski definition) is 3. The summed E-state index contributed by atoms with van der Waals surface area (Å²) in [4.78, 5) is 23.7. The first kappa shape index (κ1) is 18.7. The van der Waals surface area contributed by atoms with Crippen molar-refractivity contribution in [1.29, 1.82) is 0 Å². The van der Waals surface area contributed by atoms with Crippen molar-refractivity contribution in [1.82, 2.24) is 20.8 Å². The van der Waals surface area contributed by atoms with Crippen molar-refractivity contribution in [2.45, 2.75) is 43.0 Å². The number of nitrogens with zero attached hydrogens (tertiary/aromatic N) is 2. The van der Waals surface area contributed by atoms with Gasteiger partial charge < -0.3 is 10.6 Å². The summed E-state index contributed by atoms with van der Waals surface area (Å²) in [6, 6.07) is 7.69. The SMILES string of the molecule is Cc1ccccc1Nc1nnc(SCC(=O)NC(=O)NC2CCCC2)s1. The van der Waals surface area contributed by atoms with Crippen LogP contribution in [0.25, 0.3) is 0 Å². The van der Waals surface area contributed by atoms with Gasteiger partial charge in [-0.3, -0.25) is 10.1 Å². The number of benzene rings is 1. The molecule has 0 saturated heterocycles. The fraction of sp³-hybridized carbons (Fsp3) is 0.412. The van der Waals surface area contributed by atoms with Crippen LogP contribution in [-0.2, 0) is 4.79 Å². The van der Waals surface area contributed by atoms with Gasteiger partial charge in [-0.2, -0.15) is 0 Å². The summed E-state index contributed by atoms with van der Waals surface area (Å²) < 4.78 is 0.674. The molecule has 1 heterocycles. The Morgan fingerprint density at radius 1 is 1.23 bits per heavy atom. The Hall–Kier alpha value is -2.13. The number of hydrogen-bond acceptors (Lipinski definition) is 7. The van der Waals surface area contributed by atoms with Crippen molar-refractivity contribution in [3.05, 3.63) is 29.8 Å². The highest BCUT2D eigenvalue weighted by Crippen LogP contribution is 2.28. The molecule has 1 aromatic carbocycles. The highest BCUT2D eigenvalue weighted by Gasteiger charge is 2.18. The van der Waals surface area contributed by atoms with E-state index in [1.165, 1.54) is 23.1 Å². The summed E-state index contributed by atoms with van der Waals surface area (Å²) in [5.41, 5.74) is 2.09. The number of rotatable bonds is 6. The second kappa shape index (κ2) is 9.00. The number of aryl methyl sites for hydroxylation is 1. The molecule has 0 atom stereocenters. The minimum absolute atomic E-state index is 0.122. The van der Waals surface area contributed by atoms with Crippen molar-refractivity contribution in [3.8, 4) is 0 Å². The molecule has 7 nitrogen and oxygen atoms in total. The summed E-state index contributed by atoms with van der Waals surface area (Å²) in [6.07, 6.45) is 4.23. The van der Waals surface area contributed by atoms with Crippen molar-refractivity contribution in [2.24, 2.45) is 0 Å². The van der Waals surface area contributed by atoms with Crippen molar-refractivity contribution >= 4 is 45.9 Å². The quantitative estimate of drug-likeness (QED) is 0.653. The van der Waals surface area contributed by atoms with E-state index in [9.17, 15) is 9.59 Å². The molecule has 3 N–H and O–H groups in total. The summed E-state index contributed by atoms with van der Waals surface area (Å²) in [6.45, 7) is 2.01. The Kier molecular flexibility index (Phi) is 6.45. The molecule has 1 saturated carbocycles. The van der Waals surface area contributed by atoms with Crippen molar-refractivity contribution in [3.63, 3.8) is 0 Å². The lowest BCUT2D eigenvalue weighted by Gasteiger charge is -2.11. The number of carbonyl (C=O) groups excluding carboxylic acids is 2. The van der Waals surface area contributed by atoms with E-state index in [0.717, 1.165) is 36.9 Å². The molecule has 0 aliphatic heterocycles. The normalized spacial score (nSPS) is 14.2. The lowest BCUT2D eigenvalue weighted by atomic mass is 10.2. The van der Waals surface area contributed by atoms with E-state index in [2.05, 4.69) is 26.1 Å². The number of anilines is 2. The molecule has 1 aromatic heterocycles. The molecule has 9 heteroatoms. The third kappa shape index (κ3) is 5.43. The van der Waals surface area contributed by atoms with Gasteiger partial charge in [0.05, 0.1) is 5.75 Å². The van der Waals surface area contributed by atoms with Gasteiger partial charge in [-0.05, 0) is 31.4 Å². The van der Waals surface area contributed by atoms with E-state index in [-0.39, 0.29) is 17.7 Å². The van der Waals surface area contributed by atoms with Crippen LogP contribution in [0.3, 0.4) is 0 Å². The second-order valence-corrected chi connectivity index (χ2v) is 8.30. The summed E-state index contributed by atoms with van der Waals surface area (Å²) in [5.74, 6) is -0.217. The van der Waals surface area contributed by atoms with Gasteiger partial charge in [0.2, 0.25) is 11.0 Å². The van der Waals surface area contributed by atoms with Gasteiger partial charge in [0.15, 0.2) is 4.34 Å². The molecule has 1 aliphatic rings. The van der Waals surface area contributed by atoms with Crippen molar-refractivity contribution in [2.75, 3.05) is 11.1 Å². The number of nitrogens with one attached hydrogen (secondary N) is 3. The van der Waals surface area contributed by atoms with E-state index in [1.54, 1.807) is 0 Å². The first-order valence-electron chi connectivity index (χ1n) is 8.49. The van der Waals surface area contributed by atoms with Crippen LogP contribution in [-0.4, -0.2) is 33.9 Å². The molecule has 0 spiro atoms. The molecule has 3 rings (SSSR count). The number of urea groups is 1. The van der Waals surface area contributed by atoms with E-state index < -0.39 is 6.03 Å². The largest absolute Gasteiger partial charge is 0.335 e. The first-order chi connectivity index (χ1) is 12.6. The Balaban J connectivity index is 1.43. The topological polar surface area (TPSA) is 96.0 Å². The predicted molar refractivity (Wildman–Crippen MR) is 104 cm³/mol. The van der Waals surface area contributed by atoms with Crippen LogP contribution in [0.1, 0.15) is 31.2 Å². The molecule has 0 unspecified atom stereocenters. The molecule has 1 fully saturated rings. The minimum Gasteiger partial charge on any atom is -0.335 e. The highest BCUT2D eigenvalue weighted by molar-refractivity contribution is 8.01. The van der Waals surface area contributed by atoms with Gasteiger partial charge in [0.1, 0.15) is 0 Å². The van der Waals surface area contributed by atoms with Gasteiger partial charge in [0, 0.05) is 11.7 Å². The van der Waals surface area contributed by atoms with Crippen LogP contribution in [0.5, 0.6) is 0 Å². The molecule has 0 bridgehead atoms. The van der Waals surface area contributed by atoms with Crippen LogP contribution >= 0.6 is 23.1 Å². The van der Waals surface area contributed by atoms with Gasteiger partial charge in [-0.25, -0.2) is 4.79 Å². The van der Waals surface area contributed by atoms with Crippen LogP contribution in [0.4, 0.5) is 15.6 Å². The number of carbonyl (C=O) groups is 2. The lowest BCUT2D eigenvalue weighted by Crippen LogP contribution is -2.44. The summed E-state index contributed by atoms with van der Waals surface area (Å²) >= 11 is 2.63. The number of thioether (sulfide) groups is 1. The van der Waals surface area contributed by atoms with Crippen LogP contribution in [0.15, 0.2) is 28.6 Å². The zero-order valence-corrected chi connectivity index (χ0v) is 16.1. The zero-order chi connectivity index (χ0) is 18.4. The smallest absolute Gasteiger partial charge is 0.321 e. The van der Waals surface area contributed by atoms with E-state index in [0.29, 0.717) is 9.47 Å². The number of amides is 3. The monoisotopic (exact) mass is 391 g/mol. The fourth-order valence-electron chi connectivity index (χ4n) is 2.73. The van der Waals surface area contributed by atoms with Gasteiger partial charge >= 0.3 is 6.03 Å². The second-order valence-electron chi connectivity index (χ2n) is 6.10. The van der Waals surface area contributed by atoms with Crippen molar-refractivity contribution < 1.29 is 9.59 Å². The molecular weight excluding hydrogens is 370 g/mol. The molecule has 138 valence electrons. The molecule has 0 radical (unpaired) electrons. The Bertz CT molecular complexity index is 774. The number of aromatic nitrogens is 2. The molecular formula is C17H21N5O2S2. The average Bonchev–Trinajstić information content (AvgIpc) is 3.27. The van der Waals surface area contributed by atoms with Gasteiger partial charge in [-0.15, -0.1) is 10.2 Å². The van der Waals surface area contributed by atoms with Crippen LogP contribution < -0.4 is 16.0 Å². The Morgan fingerprint density at radius 2 is 2.00 bits per heavy atom. The van der Waals surface area contributed by atoms with E-state index >= 15 is 0 Å². The van der Waals surface area contributed by atoms with Crippen LogP contribution in [0, 0.1) is 6.92 Å². The number of imide groups is 1. The maximum absolute atomic E-state index is 11.9. The molecule has 26 heavy (non-hydrogen) atoms. The van der Waals surface area contributed by atoms with Crippen LogP contribution in [0.2, 0.25) is 0 Å². The van der Waals surface area contributed by atoms with Gasteiger partial charge in [-0.1, -0.05) is 54.1 Å². The third-order valence-electron chi connectivity index (χ3n) is 4.06. The molecule has 3 amide bonds. The Labute approximate surface area is 160 Å². The lowest BCUT2D eigenvalue weighted by molar-refractivity contribution is -0.117. The van der Waals surface area contributed by atoms with E-state index in [1.807, 2.05) is 31.2 Å². The standard InChI is InChI=1S/C17H21N5O2S2/c1-11-6-2-5-9-13(11)19-16-21-22-17(26-16)25-10-14(23)20-15(24)18-12-7-3-4-8-12/h2,5-6,9,12H,3-4,7-8,10H2,1H3,(H,19,21)(H2,18,20,23,24). The maximum Gasteiger partial charge on any atom is 0.321 e. The number of para-hydroxylation sites is 1. The minimum atomic E-state index is -0.415. The molecule has 1 aliphatic carbocycles.